The Bertz CT molecular complexity index is 1050. The van der Waals surface area contributed by atoms with Gasteiger partial charge in [-0.25, -0.2) is 4.79 Å². The molecule has 3 amide bonds. The number of anilines is 1. The fraction of sp³-hybridized carbons (Fsp3) is 0.125. The minimum absolute atomic E-state index is 0.150. The Morgan fingerprint density at radius 2 is 1.92 bits per heavy atom. The van der Waals surface area contributed by atoms with Crippen molar-refractivity contribution in [2.75, 3.05) is 11.9 Å². The molecule has 4 N–H and O–H groups in total. The van der Waals surface area contributed by atoms with E-state index in [0.717, 1.165) is 5.52 Å². The number of aromatic amines is 2. The standard InChI is InChI=1S/C16H14N4O4S2/c1-2-24-16(23)20-13(22)9-5-6-26-14(9)19-12(21)8-3-4-10-11(7-8)18-15(25)17-10/h3-7H,2H2,1H3,(H,19,21)(H2,17,18,25)(H,20,22,23). The second-order valence-corrected chi connectivity index (χ2v) is 6.46. The summed E-state index contributed by atoms with van der Waals surface area (Å²) in [6.07, 6.45) is -0.839. The van der Waals surface area contributed by atoms with Gasteiger partial charge in [0.15, 0.2) is 4.77 Å². The normalized spacial score (nSPS) is 10.5. The van der Waals surface area contributed by atoms with Crippen LogP contribution in [0.2, 0.25) is 0 Å². The molecule has 2 aromatic heterocycles. The predicted octanol–water partition coefficient (Wildman–Crippen LogP) is 3.43. The highest BCUT2D eigenvalue weighted by molar-refractivity contribution is 7.71. The zero-order chi connectivity index (χ0) is 18.7. The van der Waals surface area contributed by atoms with Crippen LogP contribution in [0.4, 0.5) is 9.80 Å². The first-order valence-electron chi connectivity index (χ1n) is 7.57. The van der Waals surface area contributed by atoms with Gasteiger partial charge in [0.1, 0.15) is 5.00 Å². The molecule has 3 rings (SSSR count). The number of nitrogens with one attached hydrogen (secondary N) is 4. The molecule has 0 spiro atoms. The third kappa shape index (κ3) is 3.81. The molecule has 26 heavy (non-hydrogen) atoms. The molecule has 0 unspecified atom stereocenters. The lowest BCUT2D eigenvalue weighted by atomic mass is 10.2. The zero-order valence-electron chi connectivity index (χ0n) is 13.5. The van der Waals surface area contributed by atoms with E-state index in [4.69, 9.17) is 12.2 Å². The van der Waals surface area contributed by atoms with E-state index in [2.05, 4.69) is 25.3 Å². The molecule has 1 aromatic carbocycles. The number of fused-ring (bicyclic) bond motifs is 1. The lowest BCUT2D eigenvalue weighted by Crippen LogP contribution is -2.31. The Hall–Kier alpha value is -2.98. The van der Waals surface area contributed by atoms with E-state index in [1.807, 2.05) is 0 Å². The van der Waals surface area contributed by atoms with E-state index < -0.39 is 12.0 Å². The van der Waals surface area contributed by atoms with Crippen molar-refractivity contribution in [2.24, 2.45) is 0 Å². The summed E-state index contributed by atoms with van der Waals surface area (Å²) in [5, 5.41) is 6.75. The molecule has 0 aliphatic heterocycles. The van der Waals surface area contributed by atoms with Crippen LogP contribution < -0.4 is 10.6 Å². The third-order valence-electron chi connectivity index (χ3n) is 3.41. The molecule has 10 heteroatoms. The maximum Gasteiger partial charge on any atom is 0.414 e. The second-order valence-electron chi connectivity index (χ2n) is 5.13. The molecule has 0 aliphatic rings. The largest absolute Gasteiger partial charge is 0.450 e. The van der Waals surface area contributed by atoms with Crippen molar-refractivity contribution in [3.8, 4) is 0 Å². The number of carbonyl (C=O) groups is 3. The number of imidazole rings is 1. The first-order chi connectivity index (χ1) is 12.5. The first kappa shape index (κ1) is 17.8. The number of alkyl carbamates (subject to hydrolysis) is 1. The van der Waals surface area contributed by atoms with Crippen LogP contribution in [0.3, 0.4) is 0 Å². The minimum atomic E-state index is -0.839. The first-order valence-corrected chi connectivity index (χ1v) is 8.85. The van der Waals surface area contributed by atoms with Gasteiger partial charge < -0.3 is 20.0 Å². The molecule has 0 bridgehead atoms. The topological polar surface area (TPSA) is 116 Å². The lowest BCUT2D eigenvalue weighted by Gasteiger charge is -2.07. The summed E-state index contributed by atoms with van der Waals surface area (Å²) in [5.74, 6) is -1.04. The monoisotopic (exact) mass is 390 g/mol. The van der Waals surface area contributed by atoms with Crippen molar-refractivity contribution in [1.29, 1.82) is 0 Å². The SMILES string of the molecule is CCOC(=O)NC(=O)c1ccsc1NC(=O)c1ccc2[nH]c(=S)[nH]c2c1. The average Bonchev–Trinajstić information content (AvgIpc) is 3.19. The number of H-pyrrole nitrogens is 2. The summed E-state index contributed by atoms with van der Waals surface area (Å²) in [7, 11) is 0. The molecule has 2 heterocycles. The number of rotatable bonds is 4. The van der Waals surface area contributed by atoms with Gasteiger partial charge in [0.2, 0.25) is 0 Å². The highest BCUT2D eigenvalue weighted by atomic mass is 32.1. The van der Waals surface area contributed by atoms with E-state index in [1.54, 1.807) is 30.5 Å². The van der Waals surface area contributed by atoms with E-state index in [0.29, 0.717) is 20.9 Å². The van der Waals surface area contributed by atoms with Gasteiger partial charge >= 0.3 is 6.09 Å². The molecule has 3 aromatic rings. The van der Waals surface area contributed by atoms with Crippen molar-refractivity contribution in [2.45, 2.75) is 6.92 Å². The van der Waals surface area contributed by atoms with Crippen molar-refractivity contribution in [3.63, 3.8) is 0 Å². The second kappa shape index (κ2) is 7.50. The molecule has 0 radical (unpaired) electrons. The number of thiophene rings is 1. The highest BCUT2D eigenvalue weighted by Crippen LogP contribution is 2.24. The molecular formula is C16H14N4O4S2. The molecular weight excluding hydrogens is 376 g/mol. The van der Waals surface area contributed by atoms with Gasteiger partial charge in [0.05, 0.1) is 23.2 Å². The number of aromatic nitrogens is 2. The third-order valence-corrected chi connectivity index (χ3v) is 4.44. The van der Waals surface area contributed by atoms with Gasteiger partial charge in [-0.15, -0.1) is 11.3 Å². The van der Waals surface area contributed by atoms with E-state index >= 15 is 0 Å². The van der Waals surface area contributed by atoms with Crippen LogP contribution in [0.15, 0.2) is 29.6 Å². The van der Waals surface area contributed by atoms with Crippen LogP contribution in [-0.2, 0) is 4.74 Å². The highest BCUT2D eigenvalue weighted by Gasteiger charge is 2.18. The van der Waals surface area contributed by atoms with Gasteiger partial charge in [0, 0.05) is 5.56 Å². The summed E-state index contributed by atoms with van der Waals surface area (Å²) in [5.41, 5.74) is 2.07. The number of ether oxygens (including phenoxy) is 1. The zero-order valence-corrected chi connectivity index (χ0v) is 15.2. The molecule has 0 saturated heterocycles. The van der Waals surface area contributed by atoms with Crippen LogP contribution in [0, 0.1) is 4.77 Å². The average molecular weight is 390 g/mol. The van der Waals surface area contributed by atoms with E-state index in [9.17, 15) is 14.4 Å². The molecule has 0 fully saturated rings. The lowest BCUT2D eigenvalue weighted by molar-refractivity contribution is 0.0926. The maximum atomic E-state index is 12.5. The van der Waals surface area contributed by atoms with Gasteiger partial charge in [-0.1, -0.05) is 0 Å². The van der Waals surface area contributed by atoms with Crippen molar-refractivity contribution >= 4 is 57.5 Å². The van der Waals surface area contributed by atoms with Crippen LogP contribution in [0.1, 0.15) is 27.6 Å². The van der Waals surface area contributed by atoms with Crippen LogP contribution in [0.5, 0.6) is 0 Å². The molecule has 8 nitrogen and oxygen atoms in total. The van der Waals surface area contributed by atoms with E-state index in [-0.39, 0.29) is 18.1 Å². The van der Waals surface area contributed by atoms with Crippen LogP contribution in [0.25, 0.3) is 11.0 Å². The quantitative estimate of drug-likeness (QED) is 0.509. The Kier molecular flexibility index (Phi) is 5.14. The van der Waals surface area contributed by atoms with Gasteiger partial charge in [-0.05, 0) is 48.8 Å². The molecule has 134 valence electrons. The maximum absolute atomic E-state index is 12.5. The Morgan fingerprint density at radius 1 is 1.15 bits per heavy atom. The summed E-state index contributed by atoms with van der Waals surface area (Å²) in [6.45, 7) is 1.78. The molecule has 0 saturated carbocycles. The van der Waals surface area contributed by atoms with Crippen molar-refractivity contribution in [1.82, 2.24) is 15.3 Å². The number of hydrogen-bond acceptors (Lipinski definition) is 6. The van der Waals surface area contributed by atoms with Gasteiger partial charge in [0.25, 0.3) is 11.8 Å². The predicted molar refractivity (Wildman–Crippen MR) is 100 cm³/mol. The fourth-order valence-electron chi connectivity index (χ4n) is 2.26. The van der Waals surface area contributed by atoms with Crippen molar-refractivity contribution < 1.29 is 19.1 Å². The molecule has 0 atom stereocenters. The summed E-state index contributed by atoms with van der Waals surface area (Å²) < 4.78 is 5.14. The Labute approximate surface area is 156 Å². The minimum Gasteiger partial charge on any atom is -0.450 e. The number of amides is 3. The number of imide groups is 1. The fourth-order valence-corrected chi connectivity index (χ4v) is 3.26. The van der Waals surface area contributed by atoms with Crippen molar-refractivity contribution in [3.05, 3.63) is 45.5 Å². The smallest absolute Gasteiger partial charge is 0.414 e. The summed E-state index contributed by atoms with van der Waals surface area (Å²) in [4.78, 5) is 41.9. The Balaban J connectivity index is 1.77. The number of benzene rings is 1. The van der Waals surface area contributed by atoms with Gasteiger partial charge in [-0.3, -0.25) is 14.9 Å². The van der Waals surface area contributed by atoms with Crippen LogP contribution >= 0.6 is 23.6 Å². The number of carbonyl (C=O) groups excluding carboxylic acids is 3. The Morgan fingerprint density at radius 3 is 2.69 bits per heavy atom. The summed E-state index contributed by atoms with van der Waals surface area (Å²) >= 11 is 6.20. The van der Waals surface area contributed by atoms with Gasteiger partial charge in [-0.2, -0.15) is 0 Å². The number of hydrogen-bond donors (Lipinski definition) is 4. The molecule has 0 aliphatic carbocycles. The van der Waals surface area contributed by atoms with Crippen LogP contribution in [-0.4, -0.2) is 34.5 Å². The van der Waals surface area contributed by atoms with E-state index in [1.165, 1.54) is 17.4 Å². The summed E-state index contributed by atoms with van der Waals surface area (Å²) in [6, 6.07) is 6.55.